The molecule has 1 aromatic rings. The van der Waals surface area contributed by atoms with Gasteiger partial charge in [-0.05, 0) is 38.3 Å². The summed E-state index contributed by atoms with van der Waals surface area (Å²) in [5.41, 5.74) is 0.980. The van der Waals surface area contributed by atoms with E-state index in [0.717, 1.165) is 69.6 Å². The predicted octanol–water partition coefficient (Wildman–Crippen LogP) is 2.75. The second-order valence-corrected chi connectivity index (χ2v) is 6.96. The highest BCUT2D eigenvalue weighted by Gasteiger charge is 2.21. The summed E-state index contributed by atoms with van der Waals surface area (Å²) in [6, 6.07) is 6.07. The van der Waals surface area contributed by atoms with Gasteiger partial charge in [0, 0.05) is 54.1 Å². The molecule has 1 saturated heterocycles. The molecule has 1 fully saturated rings. The molecule has 0 saturated carbocycles. The molecule has 0 bridgehead atoms. The minimum atomic E-state index is 0. The van der Waals surface area contributed by atoms with Crippen LogP contribution >= 0.6 is 24.0 Å². The summed E-state index contributed by atoms with van der Waals surface area (Å²) in [5, 5.41) is 3.42. The lowest BCUT2D eigenvalue weighted by Gasteiger charge is -2.34. The number of guanidine groups is 1. The maximum absolute atomic E-state index is 5.96. The van der Waals surface area contributed by atoms with E-state index in [2.05, 4.69) is 22.1 Å². The Morgan fingerprint density at radius 2 is 2.04 bits per heavy atom. The van der Waals surface area contributed by atoms with E-state index >= 15 is 0 Å². The van der Waals surface area contributed by atoms with Crippen molar-refractivity contribution in [3.63, 3.8) is 0 Å². The Balaban J connectivity index is 0.00000392. The molecule has 0 aliphatic carbocycles. The molecule has 160 valence electrons. The summed E-state index contributed by atoms with van der Waals surface area (Å²) >= 11 is 0. The van der Waals surface area contributed by atoms with Gasteiger partial charge in [-0.25, -0.2) is 9.98 Å². The van der Waals surface area contributed by atoms with E-state index in [1.165, 1.54) is 0 Å². The zero-order valence-electron chi connectivity index (χ0n) is 17.7. The van der Waals surface area contributed by atoms with Crippen molar-refractivity contribution in [3.8, 4) is 0 Å². The molecule has 1 aromatic heterocycles. The van der Waals surface area contributed by atoms with Gasteiger partial charge in [0.15, 0.2) is 5.96 Å². The monoisotopic (exact) mass is 505 g/mol. The lowest BCUT2D eigenvalue weighted by molar-refractivity contribution is 0.00990. The quantitative estimate of drug-likeness (QED) is 0.241. The third kappa shape index (κ3) is 8.48. The number of nitrogens with zero attached hydrogens (tertiary/aromatic N) is 4. The number of hydrogen-bond acceptors (Lipinski definition) is 5. The van der Waals surface area contributed by atoms with Gasteiger partial charge in [-0.2, -0.15) is 0 Å². The van der Waals surface area contributed by atoms with Crippen LogP contribution in [0.4, 0.5) is 5.82 Å². The van der Waals surface area contributed by atoms with Crippen molar-refractivity contribution in [2.24, 2.45) is 4.99 Å². The lowest BCUT2D eigenvalue weighted by Crippen LogP contribution is -2.47. The average molecular weight is 505 g/mol. The maximum Gasteiger partial charge on any atom is 0.194 e. The van der Waals surface area contributed by atoms with E-state index in [4.69, 9.17) is 14.5 Å². The van der Waals surface area contributed by atoms with E-state index < -0.39 is 0 Å². The number of likely N-dealkylation sites (tertiary alicyclic amines) is 1. The summed E-state index contributed by atoms with van der Waals surface area (Å²) in [6.45, 7) is 7.01. The van der Waals surface area contributed by atoms with E-state index in [0.29, 0.717) is 12.6 Å². The van der Waals surface area contributed by atoms with Gasteiger partial charge >= 0.3 is 0 Å². The largest absolute Gasteiger partial charge is 0.385 e. The third-order valence-corrected chi connectivity index (χ3v) is 4.56. The Bertz CT molecular complexity index is 577. The predicted molar refractivity (Wildman–Crippen MR) is 126 cm³/mol. The van der Waals surface area contributed by atoms with Crippen molar-refractivity contribution in [2.45, 2.75) is 38.8 Å². The second-order valence-electron chi connectivity index (χ2n) is 6.96. The van der Waals surface area contributed by atoms with Crippen LogP contribution in [0.15, 0.2) is 23.2 Å². The van der Waals surface area contributed by atoms with Crippen LogP contribution in [0.5, 0.6) is 0 Å². The Morgan fingerprint density at radius 1 is 1.29 bits per heavy atom. The topological polar surface area (TPSA) is 62.2 Å². The fourth-order valence-electron chi connectivity index (χ4n) is 3.07. The molecule has 28 heavy (non-hydrogen) atoms. The number of nitrogens with one attached hydrogen (secondary N) is 1. The molecule has 8 heteroatoms. The summed E-state index contributed by atoms with van der Waals surface area (Å²) in [5.74, 6) is 1.92. The molecule has 0 aromatic carbocycles. The summed E-state index contributed by atoms with van der Waals surface area (Å²) in [7, 11) is 5.73. The van der Waals surface area contributed by atoms with E-state index in [-0.39, 0.29) is 24.0 Å². The number of halogens is 1. The van der Waals surface area contributed by atoms with Crippen LogP contribution in [0.3, 0.4) is 0 Å². The van der Waals surface area contributed by atoms with Crippen LogP contribution in [0, 0.1) is 0 Å². The Kier molecular flexibility index (Phi) is 12.4. The highest BCUT2D eigenvalue weighted by molar-refractivity contribution is 14.0. The normalized spacial score (nSPS) is 15.3. The summed E-state index contributed by atoms with van der Waals surface area (Å²) < 4.78 is 11.0. The Morgan fingerprint density at radius 3 is 2.68 bits per heavy atom. The van der Waals surface area contributed by atoms with Gasteiger partial charge in [-0.3, -0.25) is 0 Å². The SMILES string of the molecule is CCNC(=NCc1cccc(N(C)C)n1)N1CCC(OCCCOC)CC1.I. The first kappa shape index (κ1) is 24.9. The number of aromatic nitrogens is 1. The molecular weight excluding hydrogens is 469 g/mol. The minimum absolute atomic E-state index is 0. The first-order valence-corrected chi connectivity index (χ1v) is 9.91. The fourth-order valence-corrected chi connectivity index (χ4v) is 3.07. The number of ether oxygens (including phenoxy) is 2. The molecule has 1 aliphatic heterocycles. The van der Waals surface area contributed by atoms with Gasteiger partial charge < -0.3 is 24.6 Å². The number of piperidine rings is 1. The van der Waals surface area contributed by atoms with Gasteiger partial charge in [0.1, 0.15) is 5.82 Å². The number of aliphatic imine (C=N–C) groups is 1. The van der Waals surface area contributed by atoms with Crippen LogP contribution in [-0.4, -0.2) is 76.0 Å². The van der Waals surface area contributed by atoms with Crippen molar-refractivity contribution in [1.82, 2.24) is 15.2 Å². The van der Waals surface area contributed by atoms with E-state index in [1.54, 1.807) is 7.11 Å². The van der Waals surface area contributed by atoms with Crippen LogP contribution < -0.4 is 10.2 Å². The van der Waals surface area contributed by atoms with Crippen molar-refractivity contribution in [1.29, 1.82) is 0 Å². The highest BCUT2D eigenvalue weighted by atomic mass is 127. The molecule has 0 spiro atoms. The van der Waals surface area contributed by atoms with Crippen molar-refractivity contribution in [3.05, 3.63) is 23.9 Å². The molecule has 0 radical (unpaired) electrons. The molecule has 0 unspecified atom stereocenters. The number of rotatable bonds is 9. The van der Waals surface area contributed by atoms with E-state index in [1.807, 2.05) is 37.2 Å². The van der Waals surface area contributed by atoms with Crippen LogP contribution in [0.2, 0.25) is 0 Å². The third-order valence-electron chi connectivity index (χ3n) is 4.56. The van der Waals surface area contributed by atoms with Gasteiger partial charge in [-0.1, -0.05) is 6.07 Å². The zero-order chi connectivity index (χ0) is 19.5. The van der Waals surface area contributed by atoms with Gasteiger partial charge in [0.05, 0.1) is 18.3 Å². The number of hydrogen-bond donors (Lipinski definition) is 1. The molecule has 2 rings (SSSR count). The second kappa shape index (κ2) is 13.9. The van der Waals surface area contributed by atoms with Crippen molar-refractivity contribution >= 4 is 35.8 Å². The standard InChI is InChI=1S/C20H35N5O2.HI/c1-5-21-20(22-16-17-8-6-9-19(23-17)24(2)3)25-12-10-18(11-13-25)27-15-7-14-26-4;/h6,8-9,18H,5,7,10-16H2,1-4H3,(H,21,22);1H. The van der Waals surface area contributed by atoms with E-state index in [9.17, 15) is 0 Å². The summed E-state index contributed by atoms with van der Waals surface area (Å²) in [4.78, 5) is 13.8. The minimum Gasteiger partial charge on any atom is -0.385 e. The lowest BCUT2D eigenvalue weighted by atomic mass is 10.1. The average Bonchev–Trinajstić information content (AvgIpc) is 2.69. The van der Waals surface area contributed by atoms with Crippen molar-refractivity contribution in [2.75, 3.05) is 59.0 Å². The molecule has 1 aliphatic rings. The molecule has 0 atom stereocenters. The van der Waals surface area contributed by atoms with Gasteiger partial charge in [0.25, 0.3) is 0 Å². The van der Waals surface area contributed by atoms with Crippen LogP contribution in [0.25, 0.3) is 0 Å². The molecule has 2 heterocycles. The molecule has 0 amide bonds. The smallest absolute Gasteiger partial charge is 0.194 e. The molecule has 7 nitrogen and oxygen atoms in total. The van der Waals surface area contributed by atoms with Crippen LogP contribution in [0.1, 0.15) is 31.9 Å². The zero-order valence-corrected chi connectivity index (χ0v) is 20.0. The van der Waals surface area contributed by atoms with Crippen molar-refractivity contribution < 1.29 is 9.47 Å². The molecular formula is C20H36IN5O2. The number of anilines is 1. The molecule has 1 N–H and O–H groups in total. The van der Waals surface area contributed by atoms with Crippen LogP contribution in [-0.2, 0) is 16.0 Å². The summed E-state index contributed by atoms with van der Waals surface area (Å²) in [6.07, 6.45) is 3.37. The first-order chi connectivity index (χ1) is 13.1. The van der Waals surface area contributed by atoms with Gasteiger partial charge in [0.2, 0.25) is 0 Å². The maximum atomic E-state index is 5.96. The Labute approximate surface area is 186 Å². The number of pyridine rings is 1. The fraction of sp³-hybridized carbons (Fsp3) is 0.700. The number of methoxy groups -OCH3 is 1. The highest BCUT2D eigenvalue weighted by Crippen LogP contribution is 2.15. The first-order valence-electron chi connectivity index (χ1n) is 9.91. The Hall–Kier alpha value is -1.13. The van der Waals surface area contributed by atoms with Gasteiger partial charge in [-0.15, -0.1) is 24.0 Å².